The number of nitrogens with one attached hydrogen (secondary N) is 2. The Morgan fingerprint density at radius 2 is 2.08 bits per heavy atom. The molecule has 0 radical (unpaired) electrons. The Morgan fingerprint density at radius 3 is 2.75 bits per heavy atom. The van der Waals surface area contributed by atoms with E-state index in [4.69, 9.17) is 10.2 Å². The van der Waals surface area contributed by atoms with Gasteiger partial charge in [0.2, 0.25) is 0 Å². The molecule has 0 saturated carbocycles. The second-order valence-electron chi connectivity index (χ2n) is 5.32. The van der Waals surface area contributed by atoms with Gasteiger partial charge in [-0.1, -0.05) is 12.1 Å². The largest absolute Gasteiger partial charge is 0.481 e. The van der Waals surface area contributed by atoms with Crippen LogP contribution in [0.15, 0.2) is 30.0 Å². The molecule has 2 rings (SSSR count). The van der Waals surface area contributed by atoms with E-state index in [0.29, 0.717) is 42.9 Å². The van der Waals surface area contributed by atoms with Gasteiger partial charge in [-0.3, -0.25) is 4.79 Å². The monoisotopic (exact) mass is 328 g/mol. The molecule has 0 fully saturated rings. The summed E-state index contributed by atoms with van der Waals surface area (Å²) in [7, 11) is 0. The molecule has 0 saturated heterocycles. The molecule has 0 unspecified atom stereocenters. The topological polar surface area (TPSA) is 122 Å². The maximum absolute atomic E-state index is 10.6. The third kappa shape index (κ3) is 4.57. The fraction of sp³-hybridized carbons (Fsp3) is 0.353. The van der Waals surface area contributed by atoms with E-state index in [0.717, 1.165) is 11.0 Å². The molecule has 1 heterocycles. The molecular formula is C17H20N4O3. The van der Waals surface area contributed by atoms with Crippen molar-refractivity contribution in [3.05, 3.63) is 35.8 Å². The second-order valence-corrected chi connectivity index (χ2v) is 5.32. The van der Waals surface area contributed by atoms with E-state index in [9.17, 15) is 10.1 Å². The summed E-state index contributed by atoms with van der Waals surface area (Å²) in [5.74, 6) is -0.382. The molecule has 2 aromatic rings. The lowest BCUT2D eigenvalue weighted by Crippen LogP contribution is -2.18. The molecule has 0 spiro atoms. The van der Waals surface area contributed by atoms with Gasteiger partial charge in [-0.2, -0.15) is 5.26 Å². The van der Waals surface area contributed by atoms with Crippen molar-refractivity contribution in [2.45, 2.75) is 25.7 Å². The first-order chi connectivity index (χ1) is 11.7. The maximum atomic E-state index is 10.6. The van der Waals surface area contributed by atoms with E-state index in [1.165, 1.54) is 0 Å². The zero-order valence-corrected chi connectivity index (χ0v) is 13.2. The number of H-pyrrole nitrogens is 1. The van der Waals surface area contributed by atoms with Crippen molar-refractivity contribution in [3.8, 4) is 6.07 Å². The van der Waals surface area contributed by atoms with Gasteiger partial charge in [0, 0.05) is 25.3 Å². The van der Waals surface area contributed by atoms with Crippen LogP contribution in [0.3, 0.4) is 0 Å². The highest BCUT2D eigenvalue weighted by molar-refractivity contribution is 5.83. The van der Waals surface area contributed by atoms with Crippen LogP contribution in [0.25, 0.3) is 16.6 Å². The molecule has 0 atom stereocenters. The van der Waals surface area contributed by atoms with Gasteiger partial charge in [-0.25, -0.2) is 4.98 Å². The summed E-state index contributed by atoms with van der Waals surface area (Å²) in [6, 6.07) is 9.67. The van der Waals surface area contributed by atoms with Crippen molar-refractivity contribution in [1.29, 1.82) is 5.26 Å². The maximum Gasteiger partial charge on any atom is 0.303 e. The number of carbonyl (C=O) groups is 1. The third-order valence-electron chi connectivity index (χ3n) is 3.53. The van der Waals surface area contributed by atoms with Crippen molar-refractivity contribution >= 4 is 22.6 Å². The number of carboxylic acid groups (broad SMARTS) is 1. The van der Waals surface area contributed by atoms with Crippen LogP contribution in [-0.4, -0.2) is 39.3 Å². The Labute approximate surface area is 139 Å². The number of hydrogen-bond donors (Lipinski definition) is 4. The molecule has 1 aromatic carbocycles. The van der Waals surface area contributed by atoms with E-state index in [2.05, 4.69) is 21.4 Å². The number of aromatic nitrogens is 2. The predicted molar refractivity (Wildman–Crippen MR) is 89.8 cm³/mol. The quantitative estimate of drug-likeness (QED) is 0.413. The van der Waals surface area contributed by atoms with Gasteiger partial charge in [-0.15, -0.1) is 0 Å². The number of benzene rings is 1. The number of hydrogen-bond acceptors (Lipinski definition) is 5. The average Bonchev–Trinajstić information content (AvgIpc) is 2.99. The van der Waals surface area contributed by atoms with Gasteiger partial charge in [-0.05, 0) is 31.4 Å². The summed E-state index contributed by atoms with van der Waals surface area (Å²) < 4.78 is 0. The SMILES string of the molecule is N#C/C(=C(\CCCO)NCCCC(=O)O)c1nc2ccccc2[nH]1. The van der Waals surface area contributed by atoms with Crippen LogP contribution in [0.5, 0.6) is 0 Å². The Bertz CT molecular complexity index is 740. The highest BCUT2D eigenvalue weighted by Crippen LogP contribution is 2.20. The first kappa shape index (κ1) is 17.5. The van der Waals surface area contributed by atoms with Crippen LogP contribution in [-0.2, 0) is 4.79 Å². The first-order valence-corrected chi connectivity index (χ1v) is 7.80. The molecule has 0 aliphatic carbocycles. The molecule has 1 aromatic heterocycles. The number of aliphatic carboxylic acids is 1. The molecule has 126 valence electrons. The van der Waals surface area contributed by atoms with Crippen LogP contribution >= 0.6 is 0 Å². The molecule has 4 N–H and O–H groups in total. The molecule has 0 aliphatic heterocycles. The van der Waals surface area contributed by atoms with E-state index in [1.54, 1.807) is 0 Å². The van der Waals surface area contributed by atoms with E-state index < -0.39 is 5.97 Å². The predicted octanol–water partition coefficient (Wildman–Crippen LogP) is 2.02. The second kappa shape index (κ2) is 8.70. The van der Waals surface area contributed by atoms with Crippen molar-refractivity contribution in [3.63, 3.8) is 0 Å². The van der Waals surface area contributed by atoms with Crippen molar-refractivity contribution in [1.82, 2.24) is 15.3 Å². The number of imidazole rings is 1. The van der Waals surface area contributed by atoms with E-state index in [1.807, 2.05) is 24.3 Å². The lowest BCUT2D eigenvalue weighted by atomic mass is 10.1. The smallest absolute Gasteiger partial charge is 0.303 e. The molecule has 0 amide bonds. The number of rotatable bonds is 9. The van der Waals surface area contributed by atoms with Gasteiger partial charge >= 0.3 is 5.97 Å². The number of nitriles is 1. The van der Waals surface area contributed by atoms with Gasteiger partial charge in [0.25, 0.3) is 0 Å². The van der Waals surface area contributed by atoms with Crippen LogP contribution < -0.4 is 5.32 Å². The zero-order valence-electron chi connectivity index (χ0n) is 13.2. The van der Waals surface area contributed by atoms with Gasteiger partial charge in [0.05, 0.1) is 11.0 Å². The fourth-order valence-corrected chi connectivity index (χ4v) is 2.37. The third-order valence-corrected chi connectivity index (χ3v) is 3.53. The number of aliphatic hydroxyl groups is 1. The summed E-state index contributed by atoms with van der Waals surface area (Å²) in [5, 5.41) is 30.4. The van der Waals surface area contributed by atoms with Crippen LogP contribution in [0.1, 0.15) is 31.5 Å². The van der Waals surface area contributed by atoms with Crippen LogP contribution in [0, 0.1) is 11.3 Å². The Balaban J connectivity index is 2.25. The van der Waals surface area contributed by atoms with Crippen LogP contribution in [0.2, 0.25) is 0 Å². The summed E-state index contributed by atoms with van der Waals surface area (Å²) in [4.78, 5) is 18.1. The summed E-state index contributed by atoms with van der Waals surface area (Å²) in [6.07, 6.45) is 1.51. The number of para-hydroxylation sites is 2. The lowest BCUT2D eigenvalue weighted by Gasteiger charge is -2.12. The minimum Gasteiger partial charge on any atom is -0.481 e. The number of carboxylic acids is 1. The highest BCUT2D eigenvalue weighted by atomic mass is 16.4. The highest BCUT2D eigenvalue weighted by Gasteiger charge is 2.13. The summed E-state index contributed by atoms with van der Waals surface area (Å²) >= 11 is 0. The number of nitrogens with zero attached hydrogens (tertiary/aromatic N) is 2. The van der Waals surface area contributed by atoms with Gasteiger partial charge < -0.3 is 20.5 Å². The van der Waals surface area contributed by atoms with Gasteiger partial charge in [0.15, 0.2) is 5.82 Å². The first-order valence-electron chi connectivity index (χ1n) is 7.80. The van der Waals surface area contributed by atoms with Crippen LogP contribution in [0.4, 0.5) is 0 Å². The molecule has 24 heavy (non-hydrogen) atoms. The number of fused-ring (bicyclic) bond motifs is 1. The lowest BCUT2D eigenvalue weighted by molar-refractivity contribution is -0.137. The summed E-state index contributed by atoms with van der Waals surface area (Å²) in [6.45, 7) is 0.456. The molecular weight excluding hydrogens is 308 g/mol. The minimum absolute atomic E-state index is 0.0130. The normalized spacial score (nSPS) is 11.8. The number of aliphatic hydroxyl groups excluding tert-OH is 1. The summed E-state index contributed by atoms with van der Waals surface area (Å²) in [5.41, 5.74) is 2.66. The van der Waals surface area contributed by atoms with Crippen molar-refractivity contribution in [2.75, 3.05) is 13.2 Å². The van der Waals surface area contributed by atoms with Crippen molar-refractivity contribution < 1.29 is 15.0 Å². The standard InChI is InChI=1S/C17H20N4O3/c18-11-12(17-20-14-5-1-2-6-15(14)21-17)13(7-4-10-22)19-9-3-8-16(23)24/h1-2,5-6,19,22H,3-4,7-10H2,(H,20,21)(H,23,24)/b13-12-. The minimum atomic E-state index is -0.851. The molecule has 0 aliphatic rings. The molecule has 7 heteroatoms. The Hall–Kier alpha value is -2.85. The van der Waals surface area contributed by atoms with E-state index in [-0.39, 0.29) is 13.0 Å². The van der Waals surface area contributed by atoms with E-state index >= 15 is 0 Å². The zero-order chi connectivity index (χ0) is 17.4. The molecule has 7 nitrogen and oxygen atoms in total. The Kier molecular flexibility index (Phi) is 6.34. The Morgan fingerprint density at radius 1 is 1.29 bits per heavy atom. The van der Waals surface area contributed by atoms with Gasteiger partial charge in [0.1, 0.15) is 11.6 Å². The molecule has 0 bridgehead atoms. The average molecular weight is 328 g/mol. The van der Waals surface area contributed by atoms with Crippen molar-refractivity contribution in [2.24, 2.45) is 0 Å². The number of aromatic amines is 1. The number of allylic oxidation sites excluding steroid dienone is 2. The fourth-order valence-electron chi connectivity index (χ4n) is 2.37.